The first-order valence-corrected chi connectivity index (χ1v) is 11.3. The quantitative estimate of drug-likeness (QED) is 0.434. The van der Waals surface area contributed by atoms with Crippen molar-refractivity contribution in [3.05, 3.63) is 90.3 Å². The Morgan fingerprint density at radius 1 is 1.03 bits per heavy atom. The molecule has 4 aromatic rings. The number of piperidine rings is 1. The highest BCUT2D eigenvalue weighted by atomic mass is 16.5. The predicted molar refractivity (Wildman–Crippen MR) is 128 cm³/mol. The SMILES string of the molecule is COc1cccc(NC(=O)C(c2ccccc2)N2CCC(c3nc4ccccc4o3)CC2)c1. The second-order valence-corrected chi connectivity index (χ2v) is 8.36. The van der Waals surface area contributed by atoms with E-state index in [4.69, 9.17) is 14.1 Å². The zero-order valence-corrected chi connectivity index (χ0v) is 18.6. The predicted octanol–water partition coefficient (Wildman–Crippen LogP) is 5.40. The van der Waals surface area contributed by atoms with E-state index in [0.29, 0.717) is 5.75 Å². The number of nitrogens with zero attached hydrogens (tertiary/aromatic N) is 2. The first kappa shape index (κ1) is 21.2. The van der Waals surface area contributed by atoms with Crippen LogP contribution in [0.2, 0.25) is 0 Å². The maximum atomic E-state index is 13.5. The van der Waals surface area contributed by atoms with E-state index >= 15 is 0 Å². The number of nitrogens with one attached hydrogen (secondary N) is 1. The molecular formula is C27H27N3O3. The van der Waals surface area contributed by atoms with Crippen LogP contribution in [0.25, 0.3) is 11.1 Å². The lowest BCUT2D eigenvalue weighted by molar-refractivity contribution is -0.122. The van der Waals surface area contributed by atoms with E-state index in [0.717, 1.165) is 54.2 Å². The summed E-state index contributed by atoms with van der Waals surface area (Å²) >= 11 is 0. The Morgan fingerprint density at radius 2 is 1.79 bits per heavy atom. The van der Waals surface area contributed by atoms with Crippen LogP contribution in [0.4, 0.5) is 5.69 Å². The normalized spacial score (nSPS) is 15.9. The van der Waals surface area contributed by atoms with Gasteiger partial charge in [0.2, 0.25) is 5.91 Å². The molecule has 5 rings (SSSR count). The molecule has 6 heteroatoms. The largest absolute Gasteiger partial charge is 0.497 e. The number of fused-ring (bicyclic) bond motifs is 1. The Kier molecular flexibility index (Phi) is 6.09. The van der Waals surface area contributed by atoms with Gasteiger partial charge in [-0.1, -0.05) is 48.5 Å². The van der Waals surface area contributed by atoms with Gasteiger partial charge < -0.3 is 14.5 Å². The number of oxazole rings is 1. The number of carbonyl (C=O) groups excluding carboxylic acids is 1. The maximum Gasteiger partial charge on any atom is 0.246 e. The van der Waals surface area contributed by atoms with Crippen LogP contribution in [-0.4, -0.2) is 36.0 Å². The van der Waals surface area contributed by atoms with Crippen molar-refractivity contribution >= 4 is 22.7 Å². The van der Waals surface area contributed by atoms with Crippen LogP contribution in [0.1, 0.15) is 36.3 Å². The summed E-state index contributed by atoms with van der Waals surface area (Å²) in [4.78, 5) is 20.4. The molecule has 1 unspecified atom stereocenters. The summed E-state index contributed by atoms with van der Waals surface area (Å²) in [5.41, 5.74) is 3.43. The number of anilines is 1. The van der Waals surface area contributed by atoms with E-state index in [1.165, 1.54) is 0 Å². The molecule has 2 heterocycles. The van der Waals surface area contributed by atoms with E-state index < -0.39 is 0 Å². The molecule has 1 amide bonds. The van der Waals surface area contributed by atoms with Crippen molar-refractivity contribution < 1.29 is 13.9 Å². The smallest absolute Gasteiger partial charge is 0.246 e. The van der Waals surface area contributed by atoms with Crippen molar-refractivity contribution in [2.45, 2.75) is 24.8 Å². The van der Waals surface area contributed by atoms with Crippen LogP contribution in [0.3, 0.4) is 0 Å². The van der Waals surface area contributed by atoms with E-state index in [1.807, 2.05) is 78.9 Å². The number of ether oxygens (including phenoxy) is 1. The van der Waals surface area contributed by atoms with Crippen LogP contribution in [-0.2, 0) is 4.79 Å². The van der Waals surface area contributed by atoms with Gasteiger partial charge in [-0.05, 0) is 55.8 Å². The number of carbonyl (C=O) groups is 1. The van der Waals surface area contributed by atoms with Crippen molar-refractivity contribution in [2.75, 3.05) is 25.5 Å². The number of methoxy groups -OCH3 is 1. The lowest BCUT2D eigenvalue weighted by Crippen LogP contribution is -2.41. The van der Waals surface area contributed by atoms with Gasteiger partial charge in [-0.3, -0.25) is 9.69 Å². The second-order valence-electron chi connectivity index (χ2n) is 8.36. The molecule has 3 aromatic carbocycles. The molecule has 33 heavy (non-hydrogen) atoms. The molecule has 0 radical (unpaired) electrons. The zero-order chi connectivity index (χ0) is 22.6. The summed E-state index contributed by atoms with van der Waals surface area (Å²) in [7, 11) is 1.62. The molecular weight excluding hydrogens is 414 g/mol. The third-order valence-electron chi connectivity index (χ3n) is 6.26. The minimum atomic E-state index is -0.373. The summed E-state index contributed by atoms with van der Waals surface area (Å²) in [5.74, 6) is 1.72. The molecule has 1 aliphatic rings. The van der Waals surface area contributed by atoms with Crippen molar-refractivity contribution in [1.29, 1.82) is 0 Å². The summed E-state index contributed by atoms with van der Waals surface area (Å²) in [6.45, 7) is 1.57. The molecule has 0 bridgehead atoms. The molecule has 0 aliphatic carbocycles. The average molecular weight is 442 g/mol. The molecule has 168 valence electrons. The van der Waals surface area contributed by atoms with E-state index in [2.05, 4.69) is 10.2 Å². The highest BCUT2D eigenvalue weighted by Gasteiger charge is 2.33. The van der Waals surface area contributed by atoms with Crippen molar-refractivity contribution in [2.24, 2.45) is 0 Å². The fourth-order valence-electron chi connectivity index (χ4n) is 4.54. The number of hydrogen-bond donors (Lipinski definition) is 1. The monoisotopic (exact) mass is 441 g/mol. The van der Waals surface area contributed by atoms with E-state index in [9.17, 15) is 4.79 Å². The van der Waals surface area contributed by atoms with Gasteiger partial charge in [0, 0.05) is 17.7 Å². The third kappa shape index (κ3) is 4.61. The second kappa shape index (κ2) is 9.46. The van der Waals surface area contributed by atoms with Gasteiger partial charge in [0.25, 0.3) is 0 Å². The first-order valence-electron chi connectivity index (χ1n) is 11.3. The number of hydrogen-bond acceptors (Lipinski definition) is 5. The lowest BCUT2D eigenvalue weighted by atomic mass is 9.93. The Morgan fingerprint density at radius 3 is 2.55 bits per heavy atom. The zero-order valence-electron chi connectivity index (χ0n) is 18.6. The Bertz CT molecular complexity index is 1200. The molecule has 0 saturated carbocycles. The van der Waals surface area contributed by atoms with Gasteiger partial charge in [-0.25, -0.2) is 4.98 Å². The highest BCUT2D eigenvalue weighted by molar-refractivity contribution is 5.95. The van der Waals surface area contributed by atoms with Crippen LogP contribution in [0.5, 0.6) is 5.75 Å². The average Bonchev–Trinajstić information content (AvgIpc) is 3.30. The lowest BCUT2D eigenvalue weighted by Gasteiger charge is -2.36. The van der Waals surface area contributed by atoms with Gasteiger partial charge in [0.15, 0.2) is 11.5 Å². The van der Waals surface area contributed by atoms with Gasteiger partial charge in [-0.15, -0.1) is 0 Å². The molecule has 0 spiro atoms. The first-order chi connectivity index (χ1) is 16.2. The van der Waals surface area contributed by atoms with Crippen molar-refractivity contribution in [1.82, 2.24) is 9.88 Å². The van der Waals surface area contributed by atoms with E-state index in [1.54, 1.807) is 7.11 Å². The fraction of sp³-hybridized carbons (Fsp3) is 0.259. The van der Waals surface area contributed by atoms with Crippen molar-refractivity contribution in [3.63, 3.8) is 0 Å². The van der Waals surface area contributed by atoms with Gasteiger partial charge in [-0.2, -0.15) is 0 Å². The van der Waals surface area contributed by atoms with Crippen LogP contribution >= 0.6 is 0 Å². The number of aromatic nitrogens is 1. The number of likely N-dealkylation sites (tertiary alicyclic amines) is 1. The number of amides is 1. The molecule has 1 aromatic heterocycles. The standard InChI is InChI=1S/C27H27N3O3/c1-32-22-11-7-10-21(18-22)28-26(31)25(19-8-3-2-4-9-19)30-16-14-20(15-17-30)27-29-23-12-5-6-13-24(23)33-27/h2-13,18,20,25H,14-17H2,1H3,(H,28,31). The Labute approximate surface area is 193 Å². The van der Waals surface area contributed by atoms with E-state index in [-0.39, 0.29) is 17.9 Å². The summed E-state index contributed by atoms with van der Waals surface area (Å²) < 4.78 is 11.3. The summed E-state index contributed by atoms with van der Waals surface area (Å²) in [6.07, 6.45) is 1.78. The number of benzene rings is 3. The van der Waals surface area contributed by atoms with Crippen LogP contribution < -0.4 is 10.1 Å². The number of rotatable bonds is 6. The molecule has 1 saturated heterocycles. The topological polar surface area (TPSA) is 67.6 Å². The molecule has 1 aliphatic heterocycles. The minimum absolute atomic E-state index is 0.0465. The number of para-hydroxylation sites is 2. The molecule has 1 atom stereocenters. The van der Waals surface area contributed by atoms with Crippen LogP contribution in [0, 0.1) is 0 Å². The van der Waals surface area contributed by atoms with Gasteiger partial charge in [0.1, 0.15) is 17.3 Å². The minimum Gasteiger partial charge on any atom is -0.497 e. The summed E-state index contributed by atoms with van der Waals surface area (Å²) in [6, 6.07) is 24.9. The van der Waals surface area contributed by atoms with Gasteiger partial charge in [0.05, 0.1) is 7.11 Å². The molecule has 1 N–H and O–H groups in total. The maximum absolute atomic E-state index is 13.5. The highest BCUT2D eigenvalue weighted by Crippen LogP contribution is 2.34. The Balaban J connectivity index is 1.33. The fourth-order valence-corrected chi connectivity index (χ4v) is 4.54. The Hall–Kier alpha value is -3.64. The molecule has 1 fully saturated rings. The molecule has 6 nitrogen and oxygen atoms in total. The third-order valence-corrected chi connectivity index (χ3v) is 6.26. The van der Waals surface area contributed by atoms with Gasteiger partial charge >= 0.3 is 0 Å². The van der Waals surface area contributed by atoms with Crippen LogP contribution in [0.15, 0.2) is 83.3 Å². The summed E-state index contributed by atoms with van der Waals surface area (Å²) in [5, 5.41) is 3.08. The van der Waals surface area contributed by atoms with Crippen molar-refractivity contribution in [3.8, 4) is 5.75 Å².